The molecule has 25 heavy (non-hydrogen) atoms. The topological polar surface area (TPSA) is 72.8 Å². The van der Waals surface area contributed by atoms with E-state index in [1.165, 1.54) is 13.8 Å². The van der Waals surface area contributed by atoms with E-state index in [2.05, 4.69) is 0 Å². The first-order valence-corrected chi connectivity index (χ1v) is 8.14. The second kappa shape index (κ2) is 8.99. The van der Waals surface area contributed by atoms with E-state index < -0.39 is 0 Å². The normalized spacial score (nSPS) is 11.6. The molecule has 0 aliphatic heterocycles. The zero-order chi connectivity index (χ0) is 18.2. The molecule has 0 heterocycles. The molecule has 0 bridgehead atoms. The molecule has 1 N–H and O–H groups in total. The van der Waals surface area contributed by atoms with E-state index in [0.717, 1.165) is 24.0 Å². The van der Waals surface area contributed by atoms with Crippen molar-refractivity contribution < 1.29 is 24.2 Å². The van der Waals surface area contributed by atoms with Crippen LogP contribution in [-0.4, -0.2) is 23.7 Å². The van der Waals surface area contributed by atoms with Crippen LogP contribution in [0.2, 0.25) is 0 Å². The lowest BCUT2D eigenvalue weighted by Crippen LogP contribution is -2.07. The Kier molecular flexibility index (Phi) is 6.71. The highest BCUT2D eigenvalue weighted by atomic mass is 16.5. The molecular formula is C20H22O5. The molecule has 0 fully saturated rings. The maximum Gasteiger partial charge on any atom is 0.308 e. The van der Waals surface area contributed by atoms with E-state index in [-0.39, 0.29) is 24.5 Å². The van der Waals surface area contributed by atoms with Gasteiger partial charge in [-0.2, -0.15) is 0 Å². The molecule has 0 aliphatic rings. The van der Waals surface area contributed by atoms with E-state index in [0.29, 0.717) is 11.5 Å². The standard InChI is InChI=1S/C20H22O5/c1-14(22)24-19-9-4-16(5-10-19)3-6-18(13-21)17-7-11-20(12-8-17)25-15(2)23/h4-5,7-12,18,21H,3,6,13H2,1-2H3. The fourth-order valence-electron chi connectivity index (χ4n) is 2.57. The minimum absolute atomic E-state index is 0.000441. The monoisotopic (exact) mass is 342 g/mol. The van der Waals surface area contributed by atoms with Crippen LogP contribution < -0.4 is 9.47 Å². The lowest BCUT2D eigenvalue weighted by atomic mass is 9.93. The highest BCUT2D eigenvalue weighted by molar-refractivity contribution is 5.69. The molecule has 5 heteroatoms. The van der Waals surface area contributed by atoms with Crippen LogP contribution in [-0.2, 0) is 16.0 Å². The van der Waals surface area contributed by atoms with Gasteiger partial charge in [-0.05, 0) is 48.2 Å². The molecular weight excluding hydrogens is 320 g/mol. The Bertz CT molecular complexity index is 704. The van der Waals surface area contributed by atoms with Crippen LogP contribution in [0.5, 0.6) is 11.5 Å². The second-order valence-electron chi connectivity index (χ2n) is 5.82. The van der Waals surface area contributed by atoms with Gasteiger partial charge >= 0.3 is 11.9 Å². The van der Waals surface area contributed by atoms with E-state index in [1.807, 2.05) is 24.3 Å². The van der Waals surface area contributed by atoms with Gasteiger partial charge in [0.15, 0.2) is 0 Å². The summed E-state index contributed by atoms with van der Waals surface area (Å²) in [7, 11) is 0. The number of aliphatic hydroxyl groups excluding tert-OH is 1. The minimum Gasteiger partial charge on any atom is -0.427 e. The molecule has 2 aromatic rings. The van der Waals surface area contributed by atoms with Gasteiger partial charge in [0, 0.05) is 26.4 Å². The Morgan fingerprint density at radius 3 is 1.80 bits per heavy atom. The number of aryl methyl sites for hydroxylation is 1. The Morgan fingerprint density at radius 1 is 0.880 bits per heavy atom. The van der Waals surface area contributed by atoms with Crippen LogP contribution >= 0.6 is 0 Å². The van der Waals surface area contributed by atoms with Gasteiger partial charge in [0.25, 0.3) is 0 Å². The van der Waals surface area contributed by atoms with Crippen molar-refractivity contribution in [2.24, 2.45) is 0 Å². The van der Waals surface area contributed by atoms with E-state index >= 15 is 0 Å². The molecule has 2 rings (SSSR count). The van der Waals surface area contributed by atoms with Crippen LogP contribution in [0.4, 0.5) is 0 Å². The highest BCUT2D eigenvalue weighted by Crippen LogP contribution is 2.24. The molecule has 1 atom stereocenters. The first kappa shape index (κ1) is 18.7. The van der Waals surface area contributed by atoms with E-state index in [4.69, 9.17) is 9.47 Å². The zero-order valence-electron chi connectivity index (χ0n) is 14.4. The predicted molar refractivity (Wildman–Crippen MR) is 93.6 cm³/mol. The number of hydrogen-bond donors (Lipinski definition) is 1. The van der Waals surface area contributed by atoms with Gasteiger partial charge in [0.05, 0.1) is 0 Å². The molecule has 0 radical (unpaired) electrons. The zero-order valence-corrected chi connectivity index (χ0v) is 14.4. The first-order valence-electron chi connectivity index (χ1n) is 8.14. The van der Waals surface area contributed by atoms with Gasteiger partial charge in [-0.3, -0.25) is 9.59 Å². The number of carbonyl (C=O) groups is 2. The molecule has 0 spiro atoms. The van der Waals surface area contributed by atoms with E-state index in [9.17, 15) is 14.7 Å². The number of ether oxygens (including phenoxy) is 2. The summed E-state index contributed by atoms with van der Waals surface area (Å²) >= 11 is 0. The van der Waals surface area contributed by atoms with Gasteiger partial charge in [-0.25, -0.2) is 0 Å². The Balaban J connectivity index is 1.95. The summed E-state index contributed by atoms with van der Waals surface area (Å²) in [5.74, 6) is 0.318. The molecule has 132 valence electrons. The molecule has 0 amide bonds. The average molecular weight is 342 g/mol. The fraction of sp³-hybridized carbons (Fsp3) is 0.300. The number of hydrogen-bond acceptors (Lipinski definition) is 5. The number of benzene rings is 2. The third-order valence-corrected chi connectivity index (χ3v) is 3.80. The van der Waals surface area contributed by atoms with Crippen LogP contribution in [0.25, 0.3) is 0 Å². The van der Waals surface area contributed by atoms with Crippen LogP contribution in [0.3, 0.4) is 0 Å². The molecule has 2 aromatic carbocycles. The fourth-order valence-corrected chi connectivity index (χ4v) is 2.57. The van der Waals surface area contributed by atoms with Crippen molar-refractivity contribution in [3.63, 3.8) is 0 Å². The van der Waals surface area contributed by atoms with Crippen molar-refractivity contribution in [2.75, 3.05) is 6.61 Å². The largest absolute Gasteiger partial charge is 0.427 e. The molecule has 0 saturated heterocycles. The molecule has 0 aliphatic carbocycles. The smallest absolute Gasteiger partial charge is 0.308 e. The summed E-state index contributed by atoms with van der Waals surface area (Å²) in [6.45, 7) is 2.77. The van der Waals surface area contributed by atoms with Crippen molar-refractivity contribution in [3.05, 3.63) is 59.7 Å². The van der Waals surface area contributed by atoms with Gasteiger partial charge in [-0.15, -0.1) is 0 Å². The van der Waals surface area contributed by atoms with Gasteiger partial charge in [0.1, 0.15) is 11.5 Å². The molecule has 0 saturated carbocycles. The van der Waals surface area contributed by atoms with Crippen molar-refractivity contribution in [2.45, 2.75) is 32.6 Å². The third kappa shape index (κ3) is 6.04. The summed E-state index contributed by atoms with van der Waals surface area (Å²) in [5, 5.41) is 9.67. The quantitative estimate of drug-likeness (QED) is 0.618. The summed E-state index contributed by atoms with van der Waals surface area (Å²) in [6, 6.07) is 14.5. The lowest BCUT2D eigenvalue weighted by Gasteiger charge is -2.15. The van der Waals surface area contributed by atoms with Gasteiger partial charge < -0.3 is 14.6 Å². The maximum atomic E-state index is 10.9. The van der Waals surface area contributed by atoms with Gasteiger partial charge in [0.2, 0.25) is 0 Å². The van der Waals surface area contributed by atoms with Crippen LogP contribution in [0.1, 0.15) is 37.3 Å². The number of carbonyl (C=O) groups excluding carboxylic acids is 2. The number of rotatable bonds is 7. The summed E-state index contributed by atoms with van der Waals surface area (Å²) in [4.78, 5) is 21.9. The predicted octanol–water partition coefficient (Wildman–Crippen LogP) is 3.25. The Morgan fingerprint density at radius 2 is 1.36 bits per heavy atom. The second-order valence-corrected chi connectivity index (χ2v) is 5.82. The van der Waals surface area contributed by atoms with Gasteiger partial charge in [-0.1, -0.05) is 24.3 Å². The summed E-state index contributed by atoms with van der Waals surface area (Å²) in [5.41, 5.74) is 2.10. The third-order valence-electron chi connectivity index (χ3n) is 3.80. The summed E-state index contributed by atoms with van der Waals surface area (Å²) < 4.78 is 10.0. The minimum atomic E-state index is -0.358. The molecule has 0 aromatic heterocycles. The summed E-state index contributed by atoms with van der Waals surface area (Å²) in [6.07, 6.45) is 1.56. The Hall–Kier alpha value is -2.66. The van der Waals surface area contributed by atoms with E-state index in [1.54, 1.807) is 24.3 Å². The van der Waals surface area contributed by atoms with Crippen molar-refractivity contribution in [1.82, 2.24) is 0 Å². The first-order chi connectivity index (χ1) is 12.0. The number of esters is 2. The van der Waals surface area contributed by atoms with Crippen molar-refractivity contribution in [3.8, 4) is 11.5 Å². The SMILES string of the molecule is CC(=O)Oc1ccc(CCC(CO)c2ccc(OC(C)=O)cc2)cc1. The average Bonchev–Trinajstić information content (AvgIpc) is 2.57. The van der Waals surface area contributed by atoms with Crippen molar-refractivity contribution in [1.29, 1.82) is 0 Å². The molecule has 1 unspecified atom stereocenters. The highest BCUT2D eigenvalue weighted by Gasteiger charge is 2.11. The van der Waals surface area contributed by atoms with Crippen LogP contribution in [0, 0.1) is 0 Å². The van der Waals surface area contributed by atoms with Crippen molar-refractivity contribution >= 4 is 11.9 Å². The van der Waals surface area contributed by atoms with Crippen LogP contribution in [0.15, 0.2) is 48.5 Å². The lowest BCUT2D eigenvalue weighted by molar-refractivity contribution is -0.132. The number of aliphatic hydroxyl groups is 1. The molecule has 5 nitrogen and oxygen atoms in total. The maximum absolute atomic E-state index is 10.9. The Labute approximate surface area is 147 Å².